The van der Waals surface area contributed by atoms with Crippen molar-refractivity contribution in [3.05, 3.63) is 63.9 Å². The molecule has 2 aromatic carbocycles. The number of hydrogen-bond acceptors (Lipinski definition) is 3. The van der Waals surface area contributed by atoms with Gasteiger partial charge in [-0.05, 0) is 6.07 Å². The van der Waals surface area contributed by atoms with Crippen LogP contribution in [0.2, 0.25) is 0 Å². The Labute approximate surface area is 107 Å². The Bertz CT molecular complexity index is 909. The summed E-state index contributed by atoms with van der Waals surface area (Å²) in [7, 11) is 0. The van der Waals surface area contributed by atoms with Crippen molar-refractivity contribution in [3.63, 3.8) is 0 Å². The molecule has 0 saturated heterocycles. The fourth-order valence-corrected chi connectivity index (χ4v) is 2.64. The van der Waals surface area contributed by atoms with Gasteiger partial charge in [0.1, 0.15) is 5.69 Å². The zero-order valence-corrected chi connectivity index (χ0v) is 9.81. The Morgan fingerprint density at radius 3 is 2.42 bits per heavy atom. The molecule has 4 nitrogen and oxygen atoms in total. The first-order valence-corrected chi connectivity index (χ1v) is 5.93. The van der Waals surface area contributed by atoms with Crippen LogP contribution in [-0.2, 0) is 0 Å². The van der Waals surface area contributed by atoms with Gasteiger partial charge in [0, 0.05) is 22.1 Å². The van der Waals surface area contributed by atoms with Gasteiger partial charge in [-0.15, -0.1) is 0 Å². The van der Waals surface area contributed by atoms with Gasteiger partial charge >= 0.3 is 0 Å². The van der Waals surface area contributed by atoms with Crippen LogP contribution in [0.4, 0.5) is 0 Å². The van der Waals surface area contributed by atoms with Crippen LogP contribution in [0.5, 0.6) is 0 Å². The SMILES string of the molecule is O=C1c2ccccc2-c2n[nH]c(=O)c3cccc1c23. The average molecular weight is 248 g/mol. The van der Waals surface area contributed by atoms with Crippen molar-refractivity contribution in [2.24, 2.45) is 0 Å². The quantitative estimate of drug-likeness (QED) is 0.518. The Kier molecular flexibility index (Phi) is 1.82. The summed E-state index contributed by atoms with van der Waals surface area (Å²) in [6.45, 7) is 0. The van der Waals surface area contributed by atoms with Crippen molar-refractivity contribution in [2.75, 3.05) is 0 Å². The van der Waals surface area contributed by atoms with Gasteiger partial charge in [-0.25, -0.2) is 5.10 Å². The molecule has 3 aromatic rings. The second-order valence-electron chi connectivity index (χ2n) is 4.50. The van der Waals surface area contributed by atoms with E-state index in [9.17, 15) is 9.59 Å². The zero-order chi connectivity index (χ0) is 13.0. The molecule has 90 valence electrons. The number of ketones is 1. The third-order valence-electron chi connectivity index (χ3n) is 3.49. The third kappa shape index (κ3) is 1.20. The molecule has 0 bridgehead atoms. The molecule has 0 radical (unpaired) electrons. The number of carbonyl (C=O) groups excluding carboxylic acids is 1. The van der Waals surface area contributed by atoms with Gasteiger partial charge in [0.15, 0.2) is 5.78 Å². The van der Waals surface area contributed by atoms with Crippen molar-refractivity contribution in [1.29, 1.82) is 0 Å². The van der Waals surface area contributed by atoms with E-state index in [0.717, 1.165) is 5.56 Å². The first kappa shape index (κ1) is 10.2. The Morgan fingerprint density at radius 1 is 0.842 bits per heavy atom. The van der Waals surface area contributed by atoms with Crippen molar-refractivity contribution in [3.8, 4) is 11.3 Å². The highest BCUT2D eigenvalue weighted by atomic mass is 16.1. The molecular weight excluding hydrogens is 240 g/mol. The van der Waals surface area contributed by atoms with Crippen molar-refractivity contribution in [1.82, 2.24) is 10.2 Å². The number of hydrogen-bond donors (Lipinski definition) is 1. The second kappa shape index (κ2) is 3.38. The fourth-order valence-electron chi connectivity index (χ4n) is 2.64. The molecule has 1 aliphatic rings. The Hall–Kier alpha value is -2.75. The molecule has 1 heterocycles. The van der Waals surface area contributed by atoms with Gasteiger partial charge in [-0.2, -0.15) is 5.10 Å². The van der Waals surface area contributed by atoms with Crippen LogP contribution in [-0.4, -0.2) is 16.0 Å². The smallest absolute Gasteiger partial charge is 0.272 e. The number of rotatable bonds is 0. The molecule has 1 N–H and O–H groups in total. The van der Waals surface area contributed by atoms with Crippen LogP contribution in [0, 0.1) is 0 Å². The number of carbonyl (C=O) groups is 1. The number of benzene rings is 2. The van der Waals surface area contributed by atoms with E-state index in [0.29, 0.717) is 27.6 Å². The van der Waals surface area contributed by atoms with Gasteiger partial charge in [-0.1, -0.05) is 36.4 Å². The first-order chi connectivity index (χ1) is 9.27. The number of aromatic amines is 1. The second-order valence-corrected chi connectivity index (χ2v) is 4.50. The molecule has 0 atom stereocenters. The monoisotopic (exact) mass is 248 g/mol. The van der Waals surface area contributed by atoms with E-state index < -0.39 is 0 Å². The van der Waals surface area contributed by atoms with Crippen molar-refractivity contribution < 1.29 is 4.79 Å². The maximum Gasteiger partial charge on any atom is 0.272 e. The molecule has 0 amide bonds. The molecule has 19 heavy (non-hydrogen) atoms. The molecule has 0 spiro atoms. The minimum Gasteiger partial charge on any atom is -0.289 e. The van der Waals surface area contributed by atoms with Gasteiger partial charge in [-0.3, -0.25) is 9.59 Å². The van der Waals surface area contributed by atoms with E-state index in [2.05, 4.69) is 10.2 Å². The van der Waals surface area contributed by atoms with Crippen LogP contribution >= 0.6 is 0 Å². The predicted octanol–water partition coefficient (Wildman–Crippen LogP) is 2.13. The molecule has 0 aliphatic heterocycles. The highest BCUT2D eigenvalue weighted by Crippen LogP contribution is 2.36. The van der Waals surface area contributed by atoms with Crippen LogP contribution < -0.4 is 5.56 Å². The van der Waals surface area contributed by atoms with Crippen molar-refractivity contribution >= 4 is 16.6 Å². The first-order valence-electron chi connectivity index (χ1n) is 5.93. The molecule has 0 unspecified atom stereocenters. The zero-order valence-electron chi connectivity index (χ0n) is 9.81. The summed E-state index contributed by atoms with van der Waals surface area (Å²) in [6.07, 6.45) is 0. The minimum atomic E-state index is -0.271. The van der Waals surface area contributed by atoms with Gasteiger partial charge < -0.3 is 0 Å². The van der Waals surface area contributed by atoms with Gasteiger partial charge in [0.2, 0.25) is 0 Å². The number of aromatic nitrogens is 2. The highest BCUT2D eigenvalue weighted by molar-refractivity contribution is 6.24. The fraction of sp³-hybridized carbons (Fsp3) is 0. The lowest BCUT2D eigenvalue weighted by Crippen LogP contribution is -2.16. The minimum absolute atomic E-state index is 0.0545. The molecule has 1 aliphatic carbocycles. The topological polar surface area (TPSA) is 62.8 Å². The van der Waals surface area contributed by atoms with E-state index in [4.69, 9.17) is 0 Å². The number of nitrogens with zero attached hydrogens (tertiary/aromatic N) is 1. The number of fused-ring (bicyclic) bond motifs is 2. The predicted molar refractivity (Wildman–Crippen MR) is 71.2 cm³/mol. The molecule has 4 rings (SSSR count). The molecule has 1 aromatic heterocycles. The van der Waals surface area contributed by atoms with Crippen LogP contribution in [0.25, 0.3) is 22.0 Å². The summed E-state index contributed by atoms with van der Waals surface area (Å²) >= 11 is 0. The van der Waals surface area contributed by atoms with Crippen LogP contribution in [0.1, 0.15) is 15.9 Å². The summed E-state index contributed by atoms with van der Waals surface area (Å²) in [6, 6.07) is 12.5. The molecule has 0 fully saturated rings. The highest BCUT2D eigenvalue weighted by Gasteiger charge is 2.26. The summed E-state index contributed by atoms with van der Waals surface area (Å²) in [4.78, 5) is 24.3. The van der Waals surface area contributed by atoms with Gasteiger partial charge in [0.25, 0.3) is 5.56 Å². The standard InChI is InChI=1S/C15H8N2O2/c18-14-9-5-2-1-4-8(9)13-12-10(14)6-3-7-11(12)15(19)17-16-13/h1-7H,(H,17,19). The lowest BCUT2D eigenvalue weighted by atomic mass is 9.86. The molecule has 0 saturated carbocycles. The van der Waals surface area contributed by atoms with E-state index in [1.165, 1.54) is 0 Å². The maximum absolute atomic E-state index is 12.5. The number of nitrogens with one attached hydrogen (secondary N) is 1. The normalized spacial score (nSPS) is 12.5. The molecular formula is C15H8N2O2. The number of H-pyrrole nitrogens is 1. The lowest BCUT2D eigenvalue weighted by Gasteiger charge is -2.17. The Morgan fingerprint density at radius 2 is 1.58 bits per heavy atom. The van der Waals surface area contributed by atoms with Crippen LogP contribution in [0.3, 0.4) is 0 Å². The van der Waals surface area contributed by atoms with Gasteiger partial charge in [0.05, 0.1) is 5.39 Å². The van der Waals surface area contributed by atoms with E-state index >= 15 is 0 Å². The summed E-state index contributed by atoms with van der Waals surface area (Å²) in [5.41, 5.74) is 2.34. The molecule has 4 heteroatoms. The van der Waals surface area contributed by atoms with E-state index in [1.54, 1.807) is 24.3 Å². The largest absolute Gasteiger partial charge is 0.289 e. The third-order valence-corrected chi connectivity index (χ3v) is 3.49. The Balaban J connectivity index is 2.32. The summed E-state index contributed by atoms with van der Waals surface area (Å²) < 4.78 is 0. The van der Waals surface area contributed by atoms with E-state index in [-0.39, 0.29) is 11.3 Å². The maximum atomic E-state index is 12.5. The summed E-state index contributed by atoms with van der Waals surface area (Å²) in [5, 5.41) is 7.77. The van der Waals surface area contributed by atoms with Crippen molar-refractivity contribution in [2.45, 2.75) is 0 Å². The average Bonchev–Trinajstić information content (AvgIpc) is 2.46. The van der Waals surface area contributed by atoms with E-state index in [1.807, 2.05) is 18.2 Å². The van der Waals surface area contributed by atoms with Crippen LogP contribution in [0.15, 0.2) is 47.3 Å². The summed E-state index contributed by atoms with van der Waals surface area (Å²) in [5.74, 6) is -0.0545. The lowest BCUT2D eigenvalue weighted by molar-refractivity contribution is 0.104.